The Balaban J connectivity index is 1.97. The molecule has 2 heterocycles. The van der Waals surface area contributed by atoms with Crippen LogP contribution in [0.15, 0.2) is 51.6 Å². The molecule has 0 atom stereocenters. The van der Waals surface area contributed by atoms with Gasteiger partial charge in [0.2, 0.25) is 0 Å². The molecule has 0 aliphatic heterocycles. The van der Waals surface area contributed by atoms with Gasteiger partial charge in [-0.1, -0.05) is 12.1 Å². The number of rotatable bonds is 4. The fourth-order valence-electron chi connectivity index (χ4n) is 3.34. The topological polar surface area (TPSA) is 39.4 Å². The summed E-state index contributed by atoms with van der Waals surface area (Å²) in [6.07, 6.45) is 0. The summed E-state index contributed by atoms with van der Waals surface area (Å²) < 4.78 is 11.6. The number of aryl methyl sites for hydroxylation is 2. The number of furan rings is 1. The zero-order valence-electron chi connectivity index (χ0n) is 15.8. The highest BCUT2D eigenvalue weighted by Gasteiger charge is 2.24. The second-order valence-corrected chi connectivity index (χ2v) is 7.55. The predicted molar refractivity (Wildman–Crippen MR) is 110 cm³/mol. The average Bonchev–Trinajstić information content (AvgIpc) is 3.30. The van der Waals surface area contributed by atoms with Crippen molar-refractivity contribution >= 4 is 28.1 Å². The fraction of sp³-hybridized carbons (Fsp3) is 0.174. The van der Waals surface area contributed by atoms with Crippen molar-refractivity contribution in [3.8, 4) is 17.1 Å². The van der Waals surface area contributed by atoms with Gasteiger partial charge in [-0.3, -0.25) is 4.79 Å². The van der Waals surface area contributed by atoms with Crippen LogP contribution in [0.3, 0.4) is 0 Å². The maximum absolute atomic E-state index is 13.5. The molecule has 0 saturated heterocycles. The van der Waals surface area contributed by atoms with Gasteiger partial charge >= 0.3 is 0 Å². The van der Waals surface area contributed by atoms with Gasteiger partial charge in [-0.05, 0) is 67.1 Å². The van der Waals surface area contributed by atoms with Crippen molar-refractivity contribution in [2.75, 3.05) is 7.11 Å². The largest absolute Gasteiger partial charge is 0.496 e. The molecular weight excluding hydrogens is 356 g/mol. The number of benzene rings is 2. The molecular formula is C23H20O3S. The third kappa shape index (κ3) is 2.96. The molecule has 0 saturated carbocycles. The van der Waals surface area contributed by atoms with Crippen molar-refractivity contribution in [2.45, 2.75) is 20.8 Å². The quantitative estimate of drug-likeness (QED) is 0.391. The number of carbonyl (C=O) groups is 1. The van der Waals surface area contributed by atoms with Crippen molar-refractivity contribution in [3.63, 3.8) is 0 Å². The van der Waals surface area contributed by atoms with Crippen LogP contribution in [0.2, 0.25) is 0 Å². The van der Waals surface area contributed by atoms with Crippen LogP contribution < -0.4 is 4.74 Å². The molecule has 0 aliphatic carbocycles. The Labute approximate surface area is 162 Å². The van der Waals surface area contributed by atoms with Gasteiger partial charge < -0.3 is 9.15 Å². The number of hydrogen-bond acceptors (Lipinski definition) is 4. The molecule has 0 amide bonds. The number of carbonyl (C=O) groups excluding carboxylic acids is 1. The number of hydrogen-bond donors (Lipinski definition) is 0. The fourth-order valence-corrected chi connectivity index (χ4v) is 3.98. The first-order chi connectivity index (χ1) is 13.0. The molecule has 4 heteroatoms. The normalized spacial score (nSPS) is 11.1. The summed E-state index contributed by atoms with van der Waals surface area (Å²) in [6.45, 7) is 6.00. The number of thiophene rings is 1. The third-order valence-corrected chi connectivity index (χ3v) is 5.64. The summed E-state index contributed by atoms with van der Waals surface area (Å²) in [6, 6.07) is 11.7. The van der Waals surface area contributed by atoms with Crippen LogP contribution in [0.5, 0.6) is 5.75 Å². The first-order valence-corrected chi connectivity index (χ1v) is 9.69. The summed E-state index contributed by atoms with van der Waals surface area (Å²) in [5, 5.41) is 4.83. The zero-order valence-corrected chi connectivity index (χ0v) is 16.6. The van der Waals surface area contributed by atoms with Crippen molar-refractivity contribution in [1.29, 1.82) is 0 Å². The molecule has 4 rings (SSSR count). The summed E-state index contributed by atoms with van der Waals surface area (Å²) in [7, 11) is 1.63. The number of methoxy groups -OCH3 is 1. The van der Waals surface area contributed by atoms with E-state index in [4.69, 9.17) is 9.15 Å². The molecule has 0 unspecified atom stereocenters. The minimum atomic E-state index is -0.0554. The summed E-state index contributed by atoms with van der Waals surface area (Å²) in [5.41, 5.74) is 6.03. The van der Waals surface area contributed by atoms with Crippen LogP contribution in [0.25, 0.3) is 22.3 Å². The highest BCUT2D eigenvalue weighted by Crippen LogP contribution is 2.37. The van der Waals surface area contributed by atoms with Gasteiger partial charge in [-0.25, -0.2) is 0 Å². The van der Waals surface area contributed by atoms with E-state index >= 15 is 0 Å². The summed E-state index contributed by atoms with van der Waals surface area (Å²) in [5.74, 6) is 1.29. The van der Waals surface area contributed by atoms with E-state index in [-0.39, 0.29) is 5.78 Å². The molecule has 0 N–H and O–H groups in total. The minimum Gasteiger partial charge on any atom is -0.496 e. The zero-order chi connectivity index (χ0) is 19.1. The van der Waals surface area contributed by atoms with E-state index in [9.17, 15) is 4.79 Å². The standard InChI is InChI=1S/C23H20O3S/c1-13-5-6-18-20(9-13)26-23(16-7-8-27-12-16)21(18)22(24)17-10-14(2)15(3)19(11-17)25-4/h5-12H,1-4H3. The molecule has 0 fully saturated rings. The second kappa shape index (κ2) is 6.71. The van der Waals surface area contributed by atoms with E-state index < -0.39 is 0 Å². The van der Waals surface area contributed by atoms with Gasteiger partial charge in [-0.15, -0.1) is 0 Å². The number of ether oxygens (including phenoxy) is 1. The molecule has 0 aliphatic rings. The highest BCUT2D eigenvalue weighted by molar-refractivity contribution is 7.08. The van der Waals surface area contributed by atoms with Crippen LogP contribution in [-0.2, 0) is 0 Å². The van der Waals surface area contributed by atoms with E-state index in [1.165, 1.54) is 0 Å². The first-order valence-electron chi connectivity index (χ1n) is 8.75. The molecule has 0 bridgehead atoms. The van der Waals surface area contributed by atoms with Gasteiger partial charge in [-0.2, -0.15) is 11.3 Å². The number of ketones is 1. The second-order valence-electron chi connectivity index (χ2n) is 6.77. The Bertz CT molecular complexity index is 1150. The Hall–Kier alpha value is -2.85. The van der Waals surface area contributed by atoms with Crippen LogP contribution >= 0.6 is 11.3 Å². The monoisotopic (exact) mass is 376 g/mol. The van der Waals surface area contributed by atoms with Crippen LogP contribution in [0, 0.1) is 20.8 Å². The van der Waals surface area contributed by atoms with Crippen LogP contribution in [0.4, 0.5) is 0 Å². The maximum Gasteiger partial charge on any atom is 0.197 e. The van der Waals surface area contributed by atoms with E-state index in [0.29, 0.717) is 16.9 Å². The van der Waals surface area contributed by atoms with Gasteiger partial charge in [0, 0.05) is 21.9 Å². The van der Waals surface area contributed by atoms with Gasteiger partial charge in [0.05, 0.1) is 12.7 Å². The summed E-state index contributed by atoms with van der Waals surface area (Å²) in [4.78, 5) is 13.5. The predicted octanol–water partition coefficient (Wildman–Crippen LogP) is 6.33. The Morgan fingerprint density at radius 2 is 1.89 bits per heavy atom. The Morgan fingerprint density at radius 1 is 1.07 bits per heavy atom. The van der Waals surface area contributed by atoms with Crippen molar-refractivity contribution in [3.05, 3.63) is 75.0 Å². The average molecular weight is 376 g/mol. The van der Waals surface area contributed by atoms with Crippen LogP contribution in [0.1, 0.15) is 32.6 Å². The van der Waals surface area contributed by atoms with Gasteiger partial charge in [0.15, 0.2) is 5.78 Å². The molecule has 136 valence electrons. The minimum absolute atomic E-state index is 0.0554. The van der Waals surface area contributed by atoms with Crippen molar-refractivity contribution < 1.29 is 13.9 Å². The molecule has 2 aromatic heterocycles. The van der Waals surface area contributed by atoms with E-state index in [1.807, 2.05) is 67.9 Å². The first kappa shape index (κ1) is 17.6. The molecule has 2 aromatic carbocycles. The van der Waals surface area contributed by atoms with Crippen molar-refractivity contribution in [2.24, 2.45) is 0 Å². The van der Waals surface area contributed by atoms with E-state index in [0.717, 1.165) is 39.0 Å². The smallest absolute Gasteiger partial charge is 0.197 e. The number of fused-ring (bicyclic) bond motifs is 1. The molecule has 0 radical (unpaired) electrons. The molecule has 4 aromatic rings. The van der Waals surface area contributed by atoms with Crippen molar-refractivity contribution in [1.82, 2.24) is 0 Å². The van der Waals surface area contributed by atoms with Gasteiger partial charge in [0.25, 0.3) is 0 Å². The van der Waals surface area contributed by atoms with E-state index in [2.05, 4.69) is 0 Å². The Kier molecular flexibility index (Phi) is 4.36. The summed E-state index contributed by atoms with van der Waals surface area (Å²) >= 11 is 1.58. The van der Waals surface area contributed by atoms with Crippen LogP contribution in [-0.4, -0.2) is 12.9 Å². The van der Waals surface area contributed by atoms with Gasteiger partial charge in [0.1, 0.15) is 17.1 Å². The SMILES string of the molecule is COc1cc(C(=O)c2c(-c3ccsc3)oc3cc(C)ccc23)cc(C)c1C. The lowest BCUT2D eigenvalue weighted by atomic mass is 9.95. The third-order valence-electron chi connectivity index (χ3n) is 4.96. The molecule has 0 spiro atoms. The maximum atomic E-state index is 13.5. The lowest BCUT2D eigenvalue weighted by molar-refractivity contribution is 0.104. The highest BCUT2D eigenvalue weighted by atomic mass is 32.1. The van der Waals surface area contributed by atoms with E-state index in [1.54, 1.807) is 18.4 Å². The lowest BCUT2D eigenvalue weighted by Gasteiger charge is -2.11. The molecule has 3 nitrogen and oxygen atoms in total. The molecule has 27 heavy (non-hydrogen) atoms. The Morgan fingerprint density at radius 3 is 2.59 bits per heavy atom. The lowest BCUT2D eigenvalue weighted by Crippen LogP contribution is -2.04.